The maximum Gasteiger partial charge on any atom is 0.327 e. The topological polar surface area (TPSA) is 58.9 Å². The predicted molar refractivity (Wildman–Crippen MR) is 33.8 cm³/mol. The molecule has 5 heteroatoms. The van der Waals surface area contributed by atoms with Gasteiger partial charge in [0.05, 0.1) is 13.2 Å². The summed E-state index contributed by atoms with van der Waals surface area (Å²) in [6.45, 7) is 3.14. The summed E-state index contributed by atoms with van der Waals surface area (Å²) in [5, 5.41) is 0. The van der Waals surface area contributed by atoms with Crippen molar-refractivity contribution in [3.05, 3.63) is 0 Å². The fourth-order valence-electron chi connectivity index (χ4n) is 0.322. The van der Waals surface area contributed by atoms with Gasteiger partial charge in [-0.2, -0.15) is 0 Å². The third-order valence-corrected chi connectivity index (χ3v) is 1.05. The van der Waals surface area contributed by atoms with Gasteiger partial charge in [0.25, 0.3) is 0 Å². The second kappa shape index (κ2) is 6.39. The van der Waals surface area contributed by atoms with Gasteiger partial charge in [-0.25, -0.2) is 0 Å². The minimum atomic E-state index is -2.20. The first-order valence-electron chi connectivity index (χ1n) is 2.66. The summed E-state index contributed by atoms with van der Waals surface area (Å²) in [4.78, 5) is 16.4. The van der Waals surface area contributed by atoms with Gasteiger partial charge in [0.1, 0.15) is 0 Å². The van der Waals surface area contributed by atoms with Crippen molar-refractivity contribution in [3.63, 3.8) is 0 Å². The van der Waals surface area contributed by atoms with E-state index in [0.29, 0.717) is 13.2 Å². The van der Waals surface area contributed by atoms with E-state index in [1.54, 1.807) is 0 Å². The van der Waals surface area contributed by atoms with Crippen LogP contribution in [-0.4, -0.2) is 29.6 Å². The smallest absolute Gasteiger partial charge is 0.327 e. The first kappa shape index (κ1) is 9.27. The van der Waals surface area contributed by atoms with Crippen molar-refractivity contribution < 1.29 is 19.0 Å². The molecule has 2 N–H and O–H groups in total. The molecular formula is C4H11O4P. The molecule has 0 aromatic carbocycles. The van der Waals surface area contributed by atoms with E-state index in [1.165, 1.54) is 0 Å². The van der Waals surface area contributed by atoms with Crippen LogP contribution < -0.4 is 0 Å². The molecule has 0 aromatic rings. The molecule has 0 saturated heterocycles. The van der Waals surface area contributed by atoms with E-state index in [-0.39, 0.29) is 6.61 Å². The molecule has 0 aromatic heterocycles. The molecule has 0 radical (unpaired) electrons. The summed E-state index contributed by atoms with van der Waals surface area (Å²) in [6, 6.07) is 0. The molecule has 0 heterocycles. The average molecular weight is 154 g/mol. The van der Waals surface area contributed by atoms with E-state index in [2.05, 4.69) is 4.52 Å². The van der Waals surface area contributed by atoms with Crippen molar-refractivity contribution in [3.8, 4) is 0 Å². The molecular weight excluding hydrogens is 143 g/mol. The highest BCUT2D eigenvalue weighted by molar-refractivity contribution is 7.39. The zero-order chi connectivity index (χ0) is 7.11. The van der Waals surface area contributed by atoms with E-state index in [9.17, 15) is 0 Å². The Morgan fingerprint density at radius 2 is 2.00 bits per heavy atom. The van der Waals surface area contributed by atoms with Crippen LogP contribution in [0.2, 0.25) is 0 Å². The van der Waals surface area contributed by atoms with Crippen LogP contribution in [0.3, 0.4) is 0 Å². The van der Waals surface area contributed by atoms with Crippen LogP contribution in [0.15, 0.2) is 0 Å². The van der Waals surface area contributed by atoms with Crippen LogP contribution in [-0.2, 0) is 9.26 Å². The fourth-order valence-corrected chi connectivity index (χ4v) is 0.560. The SMILES string of the molecule is CCOCCOP(O)O. The van der Waals surface area contributed by atoms with Gasteiger partial charge in [-0.3, -0.25) is 0 Å². The normalized spacial score (nSPS) is 10.7. The van der Waals surface area contributed by atoms with Crippen LogP contribution in [0, 0.1) is 0 Å². The Kier molecular flexibility index (Phi) is 6.58. The second-order valence-corrected chi connectivity index (χ2v) is 2.05. The van der Waals surface area contributed by atoms with Crippen molar-refractivity contribution in [1.29, 1.82) is 0 Å². The molecule has 0 fully saturated rings. The molecule has 0 rings (SSSR count). The molecule has 0 saturated carbocycles. The largest absolute Gasteiger partial charge is 0.379 e. The molecule has 0 aliphatic rings. The van der Waals surface area contributed by atoms with Gasteiger partial charge in [-0.15, -0.1) is 0 Å². The lowest BCUT2D eigenvalue weighted by molar-refractivity contribution is 0.104. The summed E-state index contributed by atoms with van der Waals surface area (Å²) in [5.41, 5.74) is 0. The lowest BCUT2D eigenvalue weighted by Crippen LogP contribution is -2.00. The van der Waals surface area contributed by atoms with Crippen LogP contribution in [0.1, 0.15) is 6.92 Å². The quantitative estimate of drug-likeness (QED) is 0.440. The van der Waals surface area contributed by atoms with Crippen LogP contribution >= 0.6 is 8.60 Å². The second-order valence-electron chi connectivity index (χ2n) is 1.28. The third-order valence-electron chi connectivity index (χ3n) is 0.639. The number of rotatable bonds is 5. The van der Waals surface area contributed by atoms with Gasteiger partial charge in [0, 0.05) is 6.61 Å². The van der Waals surface area contributed by atoms with Crippen LogP contribution in [0.4, 0.5) is 0 Å². The maximum absolute atomic E-state index is 8.19. The minimum Gasteiger partial charge on any atom is -0.379 e. The lowest BCUT2D eigenvalue weighted by atomic mass is 10.8. The summed E-state index contributed by atoms with van der Waals surface area (Å²) in [6.07, 6.45) is 0. The van der Waals surface area contributed by atoms with Crippen molar-refractivity contribution in [2.45, 2.75) is 6.92 Å². The molecule has 9 heavy (non-hydrogen) atoms. The fraction of sp³-hybridized carbons (Fsp3) is 1.00. The Morgan fingerprint density at radius 1 is 1.33 bits per heavy atom. The van der Waals surface area contributed by atoms with E-state index >= 15 is 0 Å². The molecule has 0 amide bonds. The lowest BCUT2D eigenvalue weighted by Gasteiger charge is -2.02. The highest BCUT2D eigenvalue weighted by atomic mass is 31.2. The Balaban J connectivity index is 2.75. The minimum absolute atomic E-state index is 0.243. The zero-order valence-corrected chi connectivity index (χ0v) is 6.17. The predicted octanol–water partition coefficient (Wildman–Crippen LogP) is 0.251. The van der Waals surface area contributed by atoms with Gasteiger partial charge >= 0.3 is 8.60 Å². The van der Waals surface area contributed by atoms with E-state index in [0.717, 1.165) is 0 Å². The van der Waals surface area contributed by atoms with Gasteiger partial charge in [0.15, 0.2) is 0 Å². The highest BCUT2D eigenvalue weighted by Crippen LogP contribution is 2.23. The van der Waals surface area contributed by atoms with Gasteiger partial charge in [0.2, 0.25) is 0 Å². The molecule has 0 spiro atoms. The molecule has 4 nitrogen and oxygen atoms in total. The summed E-state index contributed by atoms with van der Waals surface area (Å²) < 4.78 is 9.24. The van der Waals surface area contributed by atoms with Crippen molar-refractivity contribution in [1.82, 2.24) is 0 Å². The first-order valence-corrected chi connectivity index (χ1v) is 3.82. The molecule has 0 bridgehead atoms. The first-order chi connectivity index (χ1) is 4.27. The van der Waals surface area contributed by atoms with E-state index in [4.69, 9.17) is 14.5 Å². The third kappa shape index (κ3) is 8.27. The van der Waals surface area contributed by atoms with Crippen LogP contribution in [0.5, 0.6) is 0 Å². The van der Waals surface area contributed by atoms with Gasteiger partial charge < -0.3 is 19.0 Å². The Bertz CT molecular complexity index is 58.5. The van der Waals surface area contributed by atoms with Crippen molar-refractivity contribution in [2.75, 3.05) is 19.8 Å². The Labute approximate surface area is 55.4 Å². The van der Waals surface area contributed by atoms with Gasteiger partial charge in [-0.1, -0.05) is 0 Å². The van der Waals surface area contributed by atoms with E-state index in [1.807, 2.05) is 6.92 Å². The van der Waals surface area contributed by atoms with Crippen molar-refractivity contribution in [2.24, 2.45) is 0 Å². The summed E-state index contributed by atoms with van der Waals surface area (Å²) in [5.74, 6) is 0. The number of hydrogen-bond acceptors (Lipinski definition) is 4. The maximum atomic E-state index is 8.19. The van der Waals surface area contributed by atoms with Crippen molar-refractivity contribution >= 4 is 8.60 Å². The number of hydrogen-bond donors (Lipinski definition) is 2. The number of ether oxygens (including phenoxy) is 1. The standard InChI is InChI=1S/C4H11O4P/c1-2-7-3-4-8-9(5)6/h5-6H,2-4H2,1H3. The molecule has 56 valence electrons. The van der Waals surface area contributed by atoms with Gasteiger partial charge in [-0.05, 0) is 6.92 Å². The molecule has 0 atom stereocenters. The molecule has 0 aliphatic carbocycles. The Hall–Kier alpha value is 0.270. The highest BCUT2D eigenvalue weighted by Gasteiger charge is 1.96. The molecule has 0 unspecified atom stereocenters. The Morgan fingerprint density at radius 3 is 2.44 bits per heavy atom. The van der Waals surface area contributed by atoms with E-state index < -0.39 is 8.60 Å². The summed E-state index contributed by atoms with van der Waals surface area (Å²) in [7, 11) is -2.20. The molecule has 0 aliphatic heterocycles. The summed E-state index contributed by atoms with van der Waals surface area (Å²) >= 11 is 0. The van der Waals surface area contributed by atoms with Crippen LogP contribution in [0.25, 0.3) is 0 Å². The monoisotopic (exact) mass is 154 g/mol. The average Bonchev–Trinajstić information content (AvgIpc) is 1.80. The zero-order valence-electron chi connectivity index (χ0n) is 5.28.